The van der Waals surface area contributed by atoms with Crippen LogP contribution in [0.25, 0.3) is 0 Å². The van der Waals surface area contributed by atoms with E-state index >= 15 is 0 Å². The van der Waals surface area contributed by atoms with Gasteiger partial charge in [-0.2, -0.15) is 0 Å². The van der Waals surface area contributed by atoms with E-state index in [1.165, 1.54) is 12.8 Å². The second-order valence-electron chi connectivity index (χ2n) is 7.83. The smallest absolute Gasteiger partial charge is 0.160 e. The number of phenols is 1. The maximum absolute atomic E-state index is 13.8. The highest BCUT2D eigenvalue weighted by Gasteiger charge is 2.20. The van der Waals surface area contributed by atoms with E-state index in [1.54, 1.807) is 25.3 Å². The number of piperidine rings is 1. The van der Waals surface area contributed by atoms with Crippen molar-refractivity contribution in [3.8, 4) is 11.5 Å². The lowest BCUT2D eigenvalue weighted by molar-refractivity contribution is 0.153. The van der Waals surface area contributed by atoms with E-state index in [4.69, 9.17) is 4.74 Å². The van der Waals surface area contributed by atoms with Crippen molar-refractivity contribution in [1.82, 2.24) is 9.80 Å². The maximum atomic E-state index is 13.8. The molecule has 0 unspecified atom stereocenters. The van der Waals surface area contributed by atoms with Crippen LogP contribution in [0, 0.1) is 11.7 Å². The number of ether oxygens (including phenoxy) is 1. The summed E-state index contributed by atoms with van der Waals surface area (Å²) in [4.78, 5) is 4.79. The number of benzene rings is 2. The predicted octanol–water partition coefficient (Wildman–Crippen LogP) is 3.93. The summed E-state index contributed by atoms with van der Waals surface area (Å²) in [5.74, 6) is 1.30. The molecule has 2 aromatic rings. The van der Waals surface area contributed by atoms with Gasteiger partial charge >= 0.3 is 0 Å². The molecule has 1 saturated heterocycles. The van der Waals surface area contributed by atoms with Crippen LogP contribution < -0.4 is 4.74 Å². The zero-order valence-electron chi connectivity index (χ0n) is 16.9. The average molecular weight is 387 g/mol. The minimum Gasteiger partial charge on any atom is -0.504 e. The second kappa shape index (κ2) is 9.89. The molecule has 2 aromatic carbocycles. The Hall–Kier alpha value is -2.11. The summed E-state index contributed by atoms with van der Waals surface area (Å²) in [5.41, 5.74) is 1.95. The van der Waals surface area contributed by atoms with E-state index in [2.05, 4.69) is 16.8 Å². The summed E-state index contributed by atoms with van der Waals surface area (Å²) < 4.78 is 18.9. The van der Waals surface area contributed by atoms with Crippen molar-refractivity contribution in [3.63, 3.8) is 0 Å². The molecule has 28 heavy (non-hydrogen) atoms. The first-order chi connectivity index (χ1) is 13.5. The van der Waals surface area contributed by atoms with E-state index in [1.807, 2.05) is 24.3 Å². The summed E-state index contributed by atoms with van der Waals surface area (Å²) in [7, 11) is 3.71. The third-order valence-electron chi connectivity index (χ3n) is 5.63. The van der Waals surface area contributed by atoms with Gasteiger partial charge in [-0.15, -0.1) is 0 Å². The Bertz CT molecular complexity index is 760. The van der Waals surface area contributed by atoms with Gasteiger partial charge in [0.05, 0.1) is 7.11 Å². The molecule has 0 aliphatic carbocycles. The van der Waals surface area contributed by atoms with Crippen LogP contribution in [0.15, 0.2) is 42.5 Å². The molecule has 0 saturated carbocycles. The number of halogens is 1. The molecule has 1 aliphatic rings. The molecule has 1 heterocycles. The van der Waals surface area contributed by atoms with Gasteiger partial charge in [-0.1, -0.05) is 24.3 Å². The highest BCUT2D eigenvalue weighted by atomic mass is 19.1. The average Bonchev–Trinajstić information content (AvgIpc) is 2.70. The molecule has 1 aliphatic heterocycles. The van der Waals surface area contributed by atoms with Gasteiger partial charge in [-0.05, 0) is 74.6 Å². The largest absolute Gasteiger partial charge is 0.504 e. The van der Waals surface area contributed by atoms with Gasteiger partial charge < -0.3 is 19.6 Å². The molecular formula is C23H31FN2O2. The van der Waals surface area contributed by atoms with Crippen LogP contribution in [-0.4, -0.2) is 55.2 Å². The molecule has 4 nitrogen and oxygen atoms in total. The van der Waals surface area contributed by atoms with Crippen LogP contribution in [0.1, 0.15) is 24.0 Å². The molecular weight excluding hydrogens is 355 g/mol. The number of rotatable bonds is 8. The van der Waals surface area contributed by atoms with Gasteiger partial charge in [0.2, 0.25) is 0 Å². The number of hydrogen-bond donors (Lipinski definition) is 1. The number of methoxy groups -OCH3 is 1. The van der Waals surface area contributed by atoms with E-state index in [9.17, 15) is 9.50 Å². The summed E-state index contributed by atoms with van der Waals surface area (Å²) in [6.07, 6.45) is 3.14. The Labute approximate surface area is 167 Å². The fourth-order valence-corrected chi connectivity index (χ4v) is 4.01. The van der Waals surface area contributed by atoms with Gasteiger partial charge in [0.1, 0.15) is 5.82 Å². The highest BCUT2D eigenvalue weighted by Crippen LogP contribution is 2.27. The van der Waals surface area contributed by atoms with E-state index in [0.29, 0.717) is 11.7 Å². The fourth-order valence-electron chi connectivity index (χ4n) is 4.01. The van der Waals surface area contributed by atoms with Crippen LogP contribution in [0.4, 0.5) is 4.39 Å². The number of phenolic OH excluding ortho intramolecular Hbond substituents is 1. The molecule has 5 heteroatoms. The van der Waals surface area contributed by atoms with Gasteiger partial charge in [-0.25, -0.2) is 4.39 Å². The molecule has 3 rings (SSSR count). The van der Waals surface area contributed by atoms with Crippen molar-refractivity contribution in [2.45, 2.75) is 25.8 Å². The minimum absolute atomic E-state index is 0.0927. The number of likely N-dealkylation sites (tertiary alicyclic amines) is 1. The van der Waals surface area contributed by atoms with E-state index in [0.717, 1.165) is 50.3 Å². The van der Waals surface area contributed by atoms with Crippen LogP contribution in [-0.2, 0) is 13.0 Å². The van der Waals surface area contributed by atoms with Crippen molar-refractivity contribution < 1.29 is 14.2 Å². The molecule has 0 radical (unpaired) electrons. The standard InChI is InChI=1S/C23H31FN2O2/c1-25(17-19-7-8-22(27)23(15-19)28-2)16-18-9-12-26(13-10-18)14-11-20-5-3-4-6-21(20)24/h3-8,15,18,27H,9-14,16-17H2,1-2H3. The number of nitrogens with zero attached hydrogens (tertiary/aromatic N) is 2. The quantitative estimate of drug-likeness (QED) is 0.746. The monoisotopic (exact) mass is 386 g/mol. The summed E-state index contributed by atoms with van der Waals surface area (Å²) in [6.45, 7) is 4.99. The van der Waals surface area contributed by atoms with E-state index < -0.39 is 0 Å². The highest BCUT2D eigenvalue weighted by molar-refractivity contribution is 5.41. The van der Waals surface area contributed by atoms with Crippen molar-refractivity contribution in [1.29, 1.82) is 0 Å². The Morgan fingerprint density at radius 2 is 1.93 bits per heavy atom. The van der Waals surface area contributed by atoms with Gasteiger partial charge in [-0.3, -0.25) is 0 Å². The molecule has 0 spiro atoms. The topological polar surface area (TPSA) is 35.9 Å². The molecule has 152 valence electrons. The van der Waals surface area contributed by atoms with Crippen molar-refractivity contribution in [2.75, 3.05) is 40.3 Å². The van der Waals surface area contributed by atoms with Crippen molar-refractivity contribution in [3.05, 3.63) is 59.4 Å². The predicted molar refractivity (Wildman–Crippen MR) is 110 cm³/mol. The molecule has 0 amide bonds. The van der Waals surface area contributed by atoms with Crippen molar-refractivity contribution in [2.24, 2.45) is 5.92 Å². The second-order valence-corrected chi connectivity index (χ2v) is 7.83. The van der Waals surface area contributed by atoms with Crippen molar-refractivity contribution >= 4 is 0 Å². The van der Waals surface area contributed by atoms with Gasteiger partial charge in [0, 0.05) is 19.6 Å². The Balaban J connectivity index is 1.40. The molecule has 1 N–H and O–H groups in total. The molecule has 1 fully saturated rings. The SMILES string of the molecule is COc1cc(CN(C)CC2CCN(CCc3ccccc3F)CC2)ccc1O. The first-order valence-corrected chi connectivity index (χ1v) is 10.1. The van der Waals surface area contributed by atoms with Gasteiger partial charge in [0.25, 0.3) is 0 Å². The molecule has 0 atom stereocenters. The minimum atomic E-state index is -0.0927. The zero-order chi connectivity index (χ0) is 19.9. The third kappa shape index (κ3) is 5.69. The lowest BCUT2D eigenvalue weighted by Crippen LogP contribution is -2.38. The van der Waals surface area contributed by atoms with Crippen LogP contribution in [0.3, 0.4) is 0 Å². The molecule has 0 aromatic heterocycles. The normalized spacial score (nSPS) is 15.9. The van der Waals surface area contributed by atoms with E-state index in [-0.39, 0.29) is 11.6 Å². The first-order valence-electron chi connectivity index (χ1n) is 10.1. The lowest BCUT2D eigenvalue weighted by Gasteiger charge is -2.34. The Morgan fingerprint density at radius 1 is 1.18 bits per heavy atom. The summed E-state index contributed by atoms with van der Waals surface area (Å²) in [5, 5.41) is 9.72. The number of hydrogen-bond acceptors (Lipinski definition) is 4. The number of aromatic hydroxyl groups is 1. The fraction of sp³-hybridized carbons (Fsp3) is 0.478. The Kier molecular flexibility index (Phi) is 7.29. The van der Waals surface area contributed by atoms with Gasteiger partial charge in [0.15, 0.2) is 11.5 Å². The summed E-state index contributed by atoms with van der Waals surface area (Å²) in [6, 6.07) is 12.6. The lowest BCUT2D eigenvalue weighted by atomic mass is 9.95. The zero-order valence-corrected chi connectivity index (χ0v) is 16.9. The molecule has 0 bridgehead atoms. The Morgan fingerprint density at radius 3 is 2.64 bits per heavy atom. The van der Waals surface area contributed by atoms with Crippen LogP contribution in [0.5, 0.6) is 11.5 Å². The van der Waals surface area contributed by atoms with Crippen LogP contribution >= 0.6 is 0 Å². The third-order valence-corrected chi connectivity index (χ3v) is 5.63. The van der Waals surface area contributed by atoms with Crippen LogP contribution in [0.2, 0.25) is 0 Å². The first kappa shape index (κ1) is 20.6. The maximum Gasteiger partial charge on any atom is 0.160 e. The summed E-state index contributed by atoms with van der Waals surface area (Å²) >= 11 is 0.